The number of piperazine rings is 1. The van der Waals surface area contributed by atoms with Gasteiger partial charge in [-0.2, -0.15) is 4.31 Å². The molecule has 2 heterocycles. The van der Waals surface area contributed by atoms with E-state index in [1.165, 1.54) is 0 Å². The Bertz CT molecular complexity index is 774. The minimum Gasteiger partial charge on any atom is -0.378 e. The van der Waals surface area contributed by atoms with E-state index in [1.54, 1.807) is 11.4 Å². The highest BCUT2D eigenvalue weighted by atomic mass is 32.2. The second kappa shape index (κ2) is 10.7. The largest absolute Gasteiger partial charge is 0.378 e. The summed E-state index contributed by atoms with van der Waals surface area (Å²) in [7, 11) is 2.36. The van der Waals surface area contributed by atoms with Crippen LogP contribution >= 0.6 is 0 Å². The van der Waals surface area contributed by atoms with Crippen LogP contribution in [0, 0.1) is 0 Å². The number of aliphatic imine (C=N–C) groups is 1. The van der Waals surface area contributed by atoms with Crippen molar-refractivity contribution in [3.05, 3.63) is 23.9 Å². The van der Waals surface area contributed by atoms with E-state index in [4.69, 9.17) is 4.74 Å². The van der Waals surface area contributed by atoms with Crippen molar-refractivity contribution in [3.63, 3.8) is 0 Å². The Kier molecular flexibility index (Phi) is 8.66. The van der Waals surface area contributed by atoms with E-state index in [0.717, 1.165) is 17.5 Å². The maximum atomic E-state index is 12.5. The molecule has 164 valence electrons. The van der Waals surface area contributed by atoms with Gasteiger partial charge in [0.2, 0.25) is 10.0 Å². The number of nitrogens with zero attached hydrogens (tertiary/aromatic N) is 5. The van der Waals surface area contributed by atoms with Gasteiger partial charge in [-0.3, -0.25) is 4.99 Å². The first kappa shape index (κ1) is 23.4. The van der Waals surface area contributed by atoms with Crippen LogP contribution in [0.25, 0.3) is 0 Å². The molecule has 0 unspecified atom stereocenters. The summed E-state index contributed by atoms with van der Waals surface area (Å²) in [4.78, 5) is 13.0. The molecule has 0 aliphatic carbocycles. The number of nitrogens with one attached hydrogen (secondary N) is 1. The minimum absolute atomic E-state index is 0.0199. The molecule has 0 radical (unpaired) electrons. The van der Waals surface area contributed by atoms with Gasteiger partial charge in [-0.1, -0.05) is 6.07 Å². The van der Waals surface area contributed by atoms with Gasteiger partial charge in [0.15, 0.2) is 5.96 Å². The van der Waals surface area contributed by atoms with Gasteiger partial charge in [0.1, 0.15) is 5.82 Å². The Labute approximate surface area is 174 Å². The Hall–Kier alpha value is -1.91. The fourth-order valence-corrected chi connectivity index (χ4v) is 4.30. The van der Waals surface area contributed by atoms with E-state index < -0.39 is 10.0 Å². The third kappa shape index (κ3) is 7.13. The van der Waals surface area contributed by atoms with Gasteiger partial charge < -0.3 is 19.9 Å². The minimum atomic E-state index is -3.30. The lowest BCUT2D eigenvalue weighted by Crippen LogP contribution is -2.54. The number of sulfonamides is 1. The van der Waals surface area contributed by atoms with Crippen LogP contribution in [-0.2, 0) is 21.3 Å². The molecule has 1 fully saturated rings. The molecule has 1 aliphatic rings. The molecule has 1 N–H and O–H groups in total. The van der Waals surface area contributed by atoms with Crippen LogP contribution in [0.15, 0.2) is 23.2 Å². The van der Waals surface area contributed by atoms with Gasteiger partial charge in [0.25, 0.3) is 0 Å². The Morgan fingerprint density at radius 1 is 1.28 bits per heavy atom. The molecule has 0 atom stereocenters. The number of hydrogen-bond donors (Lipinski definition) is 1. The molecule has 10 heteroatoms. The normalized spacial score (nSPS) is 16.3. The van der Waals surface area contributed by atoms with Gasteiger partial charge in [-0.05, 0) is 26.0 Å². The summed E-state index contributed by atoms with van der Waals surface area (Å²) in [5.74, 6) is 1.67. The smallest absolute Gasteiger partial charge is 0.216 e. The Morgan fingerprint density at radius 2 is 1.97 bits per heavy atom. The van der Waals surface area contributed by atoms with Crippen molar-refractivity contribution >= 4 is 21.8 Å². The predicted molar refractivity (Wildman–Crippen MR) is 117 cm³/mol. The molecular weight excluding hydrogens is 392 g/mol. The van der Waals surface area contributed by atoms with Crippen molar-refractivity contribution in [1.82, 2.24) is 19.5 Å². The van der Waals surface area contributed by atoms with Crippen LogP contribution in [0.4, 0.5) is 5.82 Å². The highest BCUT2D eigenvalue weighted by molar-refractivity contribution is 7.89. The summed E-state index contributed by atoms with van der Waals surface area (Å²) in [5.41, 5.74) is 0.920. The fourth-order valence-electron chi connectivity index (χ4n) is 3.01. The van der Waals surface area contributed by atoms with Crippen molar-refractivity contribution in [1.29, 1.82) is 0 Å². The van der Waals surface area contributed by atoms with Gasteiger partial charge in [0, 0.05) is 47.3 Å². The van der Waals surface area contributed by atoms with Crippen LogP contribution < -0.4 is 10.2 Å². The highest BCUT2D eigenvalue weighted by Gasteiger charge is 2.28. The molecule has 0 aromatic carbocycles. The number of rotatable bonds is 8. The number of ether oxygens (including phenoxy) is 1. The van der Waals surface area contributed by atoms with Crippen molar-refractivity contribution in [3.8, 4) is 0 Å². The molecular formula is C19H34N6O3S. The standard InChI is InChI=1S/C19H34N6O3S/c1-16(2)28-13-14-29(26,27)25-11-9-24(10-12-25)19(20-3)21-15-17-7-6-8-18(22-17)23(4)5/h6-8,16H,9-15H2,1-5H3,(H,20,21). The van der Waals surface area contributed by atoms with Gasteiger partial charge in [-0.25, -0.2) is 13.4 Å². The quantitative estimate of drug-likeness (QED) is 0.481. The summed E-state index contributed by atoms with van der Waals surface area (Å²) in [5, 5.41) is 3.33. The zero-order chi connectivity index (χ0) is 21.4. The van der Waals surface area contributed by atoms with Crippen LogP contribution in [0.1, 0.15) is 19.5 Å². The monoisotopic (exact) mass is 426 g/mol. The summed E-state index contributed by atoms with van der Waals surface area (Å²) in [6.45, 7) is 6.65. The average Bonchev–Trinajstić information content (AvgIpc) is 2.68. The summed E-state index contributed by atoms with van der Waals surface area (Å²) < 4.78 is 31.9. The lowest BCUT2D eigenvalue weighted by molar-refractivity contribution is 0.0904. The van der Waals surface area contributed by atoms with Gasteiger partial charge in [0.05, 0.1) is 30.7 Å². The number of hydrogen-bond acceptors (Lipinski definition) is 6. The van der Waals surface area contributed by atoms with Crippen LogP contribution in [0.2, 0.25) is 0 Å². The fraction of sp³-hybridized carbons (Fsp3) is 0.684. The third-order valence-electron chi connectivity index (χ3n) is 4.61. The number of anilines is 1. The summed E-state index contributed by atoms with van der Waals surface area (Å²) in [6.07, 6.45) is 0.0318. The first-order valence-corrected chi connectivity index (χ1v) is 11.5. The predicted octanol–water partition coefficient (Wildman–Crippen LogP) is 0.595. The first-order chi connectivity index (χ1) is 13.7. The van der Waals surface area contributed by atoms with E-state index >= 15 is 0 Å². The molecule has 0 amide bonds. The zero-order valence-electron chi connectivity index (χ0n) is 18.1. The second-order valence-corrected chi connectivity index (χ2v) is 9.49. The molecule has 0 bridgehead atoms. The van der Waals surface area contributed by atoms with E-state index in [0.29, 0.717) is 32.7 Å². The average molecular weight is 427 g/mol. The van der Waals surface area contributed by atoms with E-state index in [9.17, 15) is 8.42 Å². The molecule has 9 nitrogen and oxygen atoms in total. The van der Waals surface area contributed by atoms with Gasteiger partial charge in [-0.15, -0.1) is 0 Å². The molecule has 2 rings (SSSR count). The molecule has 29 heavy (non-hydrogen) atoms. The maximum Gasteiger partial charge on any atom is 0.216 e. The van der Waals surface area contributed by atoms with Gasteiger partial charge >= 0.3 is 0 Å². The molecule has 1 saturated heterocycles. The van der Waals surface area contributed by atoms with Crippen molar-refractivity contribution in [2.24, 2.45) is 4.99 Å². The molecule has 1 aromatic rings. The molecule has 0 saturated carbocycles. The van der Waals surface area contributed by atoms with Crippen molar-refractivity contribution in [2.45, 2.75) is 26.5 Å². The molecule has 1 aromatic heterocycles. The Morgan fingerprint density at radius 3 is 2.55 bits per heavy atom. The SMILES string of the molecule is CN=C(NCc1cccc(N(C)C)n1)N1CCN(S(=O)(=O)CCOC(C)C)CC1. The lowest BCUT2D eigenvalue weighted by atomic mass is 10.3. The number of guanidine groups is 1. The molecule has 0 spiro atoms. The first-order valence-electron chi connectivity index (χ1n) is 9.91. The lowest BCUT2D eigenvalue weighted by Gasteiger charge is -2.35. The highest BCUT2D eigenvalue weighted by Crippen LogP contribution is 2.10. The Balaban J connectivity index is 1.86. The summed E-state index contributed by atoms with van der Waals surface area (Å²) in [6, 6.07) is 5.91. The van der Waals surface area contributed by atoms with Crippen molar-refractivity contribution < 1.29 is 13.2 Å². The third-order valence-corrected chi connectivity index (χ3v) is 6.45. The summed E-state index contributed by atoms with van der Waals surface area (Å²) >= 11 is 0. The van der Waals surface area contributed by atoms with Crippen LogP contribution in [-0.4, -0.2) is 94.4 Å². The van der Waals surface area contributed by atoms with Crippen LogP contribution in [0.3, 0.4) is 0 Å². The van der Waals surface area contributed by atoms with Crippen molar-refractivity contribution in [2.75, 3.05) is 64.6 Å². The second-order valence-electron chi connectivity index (χ2n) is 7.40. The van der Waals surface area contributed by atoms with E-state index in [2.05, 4.69) is 20.2 Å². The topological polar surface area (TPSA) is 90.4 Å². The number of pyridine rings is 1. The maximum absolute atomic E-state index is 12.5. The van der Waals surface area contributed by atoms with Crippen LogP contribution in [0.5, 0.6) is 0 Å². The number of aromatic nitrogens is 1. The van der Waals surface area contributed by atoms with E-state index in [-0.39, 0.29) is 18.5 Å². The molecule has 1 aliphatic heterocycles. The zero-order valence-corrected chi connectivity index (χ0v) is 18.9. The van der Waals surface area contributed by atoms with E-state index in [1.807, 2.05) is 51.0 Å².